The van der Waals surface area contributed by atoms with Gasteiger partial charge >= 0.3 is 0 Å². The number of nitrogens with zero attached hydrogens (tertiary/aromatic N) is 3. The van der Waals surface area contributed by atoms with Crippen molar-refractivity contribution in [2.45, 2.75) is 13.5 Å². The van der Waals surface area contributed by atoms with Gasteiger partial charge in [-0.25, -0.2) is 4.39 Å². The van der Waals surface area contributed by atoms with E-state index in [1.807, 2.05) is 24.3 Å². The second kappa shape index (κ2) is 8.08. The minimum absolute atomic E-state index is 0.182. The first-order chi connectivity index (χ1) is 12.6. The van der Waals surface area contributed by atoms with Crippen LogP contribution in [0.5, 0.6) is 5.75 Å². The Morgan fingerprint density at radius 2 is 1.88 bits per heavy atom. The summed E-state index contributed by atoms with van der Waals surface area (Å²) < 4.78 is 13.4. The largest absolute Gasteiger partial charge is 0.506 e. The summed E-state index contributed by atoms with van der Waals surface area (Å²) in [6.07, 6.45) is 0. The topological polar surface area (TPSA) is 51.1 Å². The molecule has 1 aliphatic rings. The molecule has 0 amide bonds. The number of nitrogens with one attached hydrogen (secondary N) is 1. The van der Waals surface area contributed by atoms with Crippen LogP contribution in [0.1, 0.15) is 11.1 Å². The summed E-state index contributed by atoms with van der Waals surface area (Å²) in [5.74, 6) is 0.970. The van der Waals surface area contributed by atoms with Crippen LogP contribution in [0.2, 0.25) is 0 Å². The van der Waals surface area contributed by atoms with E-state index in [2.05, 4.69) is 20.1 Å². The maximum atomic E-state index is 13.4. The smallest absolute Gasteiger partial charge is 0.194 e. The third kappa shape index (κ3) is 4.07. The van der Waals surface area contributed by atoms with Crippen LogP contribution < -0.4 is 10.2 Å². The summed E-state index contributed by atoms with van der Waals surface area (Å²) in [6.45, 7) is 5.63. The van der Waals surface area contributed by atoms with E-state index in [-0.39, 0.29) is 5.82 Å². The number of guanidine groups is 1. The molecule has 1 heterocycles. The number of para-hydroxylation sites is 2. The van der Waals surface area contributed by atoms with Gasteiger partial charge in [0.2, 0.25) is 0 Å². The lowest BCUT2D eigenvalue weighted by Crippen LogP contribution is -2.52. The van der Waals surface area contributed by atoms with Crippen molar-refractivity contribution in [3.63, 3.8) is 0 Å². The van der Waals surface area contributed by atoms with Gasteiger partial charge in [0.15, 0.2) is 5.96 Å². The van der Waals surface area contributed by atoms with Crippen LogP contribution in [-0.2, 0) is 6.54 Å². The lowest BCUT2D eigenvalue weighted by Gasteiger charge is -2.37. The Labute approximate surface area is 153 Å². The Kier molecular flexibility index (Phi) is 5.61. The molecule has 2 aromatic rings. The predicted octanol–water partition coefficient (Wildman–Crippen LogP) is 2.74. The first-order valence-electron chi connectivity index (χ1n) is 8.82. The van der Waals surface area contributed by atoms with Gasteiger partial charge in [0, 0.05) is 39.8 Å². The standard InChI is InChI=1S/C20H25FN4O/c1-15-13-16(7-8-17(15)21)14-23-20(22-2)25-11-9-24(10-12-25)18-5-3-4-6-19(18)26/h3-8,13,26H,9-12,14H2,1-2H3,(H,22,23). The fourth-order valence-electron chi connectivity index (χ4n) is 3.22. The molecule has 1 fully saturated rings. The summed E-state index contributed by atoms with van der Waals surface area (Å²) in [4.78, 5) is 8.76. The normalized spacial score (nSPS) is 15.3. The molecular weight excluding hydrogens is 331 g/mol. The molecule has 2 N–H and O–H groups in total. The average molecular weight is 356 g/mol. The van der Waals surface area contributed by atoms with Crippen molar-refractivity contribution >= 4 is 11.6 Å². The van der Waals surface area contributed by atoms with Gasteiger partial charge in [0.05, 0.1) is 5.69 Å². The molecule has 0 saturated carbocycles. The number of halogens is 1. The van der Waals surface area contributed by atoms with Crippen molar-refractivity contribution in [2.75, 3.05) is 38.1 Å². The first kappa shape index (κ1) is 18.0. The number of aryl methyl sites for hydroxylation is 1. The molecule has 0 spiro atoms. The number of benzene rings is 2. The van der Waals surface area contributed by atoms with Crippen LogP contribution in [0.25, 0.3) is 0 Å². The minimum atomic E-state index is -0.182. The van der Waals surface area contributed by atoms with Crippen molar-refractivity contribution in [2.24, 2.45) is 4.99 Å². The van der Waals surface area contributed by atoms with Gasteiger partial charge in [-0.15, -0.1) is 0 Å². The van der Waals surface area contributed by atoms with Crippen molar-refractivity contribution in [1.29, 1.82) is 0 Å². The average Bonchev–Trinajstić information content (AvgIpc) is 2.66. The summed E-state index contributed by atoms with van der Waals surface area (Å²) in [6, 6.07) is 12.6. The number of hydrogen-bond acceptors (Lipinski definition) is 3. The second-order valence-electron chi connectivity index (χ2n) is 6.45. The Balaban J connectivity index is 1.57. The van der Waals surface area contributed by atoms with Crippen LogP contribution in [0, 0.1) is 12.7 Å². The van der Waals surface area contributed by atoms with Crippen molar-refractivity contribution in [1.82, 2.24) is 10.2 Å². The predicted molar refractivity (Wildman–Crippen MR) is 103 cm³/mol. The Morgan fingerprint density at radius 3 is 2.54 bits per heavy atom. The maximum Gasteiger partial charge on any atom is 0.194 e. The van der Waals surface area contributed by atoms with Gasteiger partial charge in [-0.05, 0) is 36.2 Å². The Morgan fingerprint density at radius 1 is 1.15 bits per heavy atom. The summed E-state index contributed by atoms with van der Waals surface area (Å²) in [5.41, 5.74) is 2.55. The highest BCUT2D eigenvalue weighted by atomic mass is 19.1. The lowest BCUT2D eigenvalue weighted by molar-refractivity contribution is 0.369. The molecule has 0 bridgehead atoms. The number of rotatable bonds is 3. The zero-order valence-corrected chi connectivity index (χ0v) is 15.2. The van der Waals surface area contributed by atoms with Gasteiger partial charge in [0.1, 0.15) is 11.6 Å². The maximum absolute atomic E-state index is 13.4. The fraction of sp³-hybridized carbons (Fsp3) is 0.350. The van der Waals surface area contributed by atoms with Gasteiger partial charge in [-0.1, -0.05) is 24.3 Å². The highest BCUT2D eigenvalue weighted by molar-refractivity contribution is 5.80. The highest BCUT2D eigenvalue weighted by Gasteiger charge is 2.21. The molecule has 3 rings (SSSR count). The molecule has 1 saturated heterocycles. The number of anilines is 1. The Bertz CT molecular complexity index is 785. The van der Waals surface area contributed by atoms with Gasteiger partial charge < -0.3 is 20.2 Å². The van der Waals surface area contributed by atoms with E-state index in [1.165, 1.54) is 6.07 Å². The van der Waals surface area contributed by atoms with E-state index in [1.54, 1.807) is 26.1 Å². The molecule has 1 aliphatic heterocycles. The Hall–Kier alpha value is -2.76. The minimum Gasteiger partial charge on any atom is -0.506 e. The molecule has 0 radical (unpaired) electrons. The van der Waals surface area contributed by atoms with E-state index >= 15 is 0 Å². The first-order valence-corrected chi connectivity index (χ1v) is 8.82. The van der Waals surface area contributed by atoms with Crippen molar-refractivity contribution in [3.05, 3.63) is 59.4 Å². The summed E-state index contributed by atoms with van der Waals surface area (Å²) in [7, 11) is 1.77. The molecule has 0 unspecified atom stereocenters. The molecule has 0 aromatic heterocycles. The fourth-order valence-corrected chi connectivity index (χ4v) is 3.22. The van der Waals surface area contributed by atoms with Crippen LogP contribution in [0.4, 0.5) is 10.1 Å². The molecule has 0 atom stereocenters. The van der Waals surface area contributed by atoms with Crippen molar-refractivity contribution in [3.8, 4) is 5.75 Å². The number of phenols is 1. The van der Waals surface area contributed by atoms with Gasteiger partial charge in [0.25, 0.3) is 0 Å². The molecular formula is C20H25FN4O. The van der Waals surface area contributed by atoms with E-state index in [0.717, 1.165) is 43.4 Å². The van der Waals surface area contributed by atoms with E-state index < -0.39 is 0 Å². The summed E-state index contributed by atoms with van der Waals surface area (Å²) >= 11 is 0. The number of piperazine rings is 1. The van der Waals surface area contributed by atoms with E-state index in [4.69, 9.17) is 0 Å². The molecule has 5 nitrogen and oxygen atoms in total. The van der Waals surface area contributed by atoms with Gasteiger partial charge in [-0.3, -0.25) is 4.99 Å². The second-order valence-corrected chi connectivity index (χ2v) is 6.45. The monoisotopic (exact) mass is 356 g/mol. The zero-order valence-electron chi connectivity index (χ0n) is 15.2. The van der Waals surface area contributed by atoms with Crippen LogP contribution >= 0.6 is 0 Å². The van der Waals surface area contributed by atoms with E-state index in [0.29, 0.717) is 17.9 Å². The molecule has 138 valence electrons. The number of aromatic hydroxyl groups is 1. The quantitative estimate of drug-likeness (QED) is 0.656. The van der Waals surface area contributed by atoms with Crippen LogP contribution in [0.15, 0.2) is 47.5 Å². The van der Waals surface area contributed by atoms with Gasteiger partial charge in [-0.2, -0.15) is 0 Å². The third-order valence-electron chi connectivity index (χ3n) is 4.69. The van der Waals surface area contributed by atoms with Crippen LogP contribution in [0.3, 0.4) is 0 Å². The van der Waals surface area contributed by atoms with Crippen LogP contribution in [-0.4, -0.2) is 49.2 Å². The molecule has 26 heavy (non-hydrogen) atoms. The lowest BCUT2D eigenvalue weighted by atomic mass is 10.1. The number of aliphatic imine (C=N–C) groups is 1. The highest BCUT2D eigenvalue weighted by Crippen LogP contribution is 2.27. The van der Waals surface area contributed by atoms with E-state index in [9.17, 15) is 9.50 Å². The third-order valence-corrected chi connectivity index (χ3v) is 4.69. The zero-order chi connectivity index (χ0) is 18.5. The number of hydrogen-bond donors (Lipinski definition) is 2. The molecule has 6 heteroatoms. The molecule has 2 aromatic carbocycles. The molecule has 0 aliphatic carbocycles. The number of phenolic OH excluding ortho intramolecular Hbond substituents is 1. The SMILES string of the molecule is CN=C(NCc1ccc(F)c(C)c1)N1CCN(c2ccccc2O)CC1. The van der Waals surface area contributed by atoms with Crippen molar-refractivity contribution < 1.29 is 9.50 Å². The summed E-state index contributed by atoms with van der Waals surface area (Å²) in [5, 5.41) is 13.4.